The van der Waals surface area contributed by atoms with Crippen LogP contribution in [0.2, 0.25) is 0 Å². The van der Waals surface area contributed by atoms with E-state index in [1.54, 1.807) is 7.11 Å². The van der Waals surface area contributed by atoms with Crippen molar-refractivity contribution in [2.45, 2.75) is 18.9 Å². The van der Waals surface area contributed by atoms with E-state index in [1.165, 1.54) is 5.56 Å². The molecule has 1 heterocycles. The molecule has 1 aromatic rings. The van der Waals surface area contributed by atoms with Gasteiger partial charge in [0.2, 0.25) is 5.91 Å². The van der Waals surface area contributed by atoms with Crippen molar-refractivity contribution in [3.05, 3.63) is 29.8 Å². The van der Waals surface area contributed by atoms with Crippen molar-refractivity contribution in [3.63, 3.8) is 0 Å². The Hall–Kier alpha value is -1.59. The molecule has 22 heavy (non-hydrogen) atoms. The smallest absolute Gasteiger partial charge is 0.223 e. The number of nitrogens with one attached hydrogen (secondary N) is 1. The number of benzene rings is 1. The van der Waals surface area contributed by atoms with Crippen LogP contribution in [0.15, 0.2) is 24.3 Å². The first-order chi connectivity index (χ1) is 10.8. The van der Waals surface area contributed by atoms with E-state index in [0.29, 0.717) is 6.54 Å². The Kier molecular flexibility index (Phi) is 4.95. The van der Waals surface area contributed by atoms with Crippen molar-refractivity contribution in [1.82, 2.24) is 10.2 Å². The molecule has 1 saturated carbocycles. The Bertz CT molecular complexity index is 493. The summed E-state index contributed by atoms with van der Waals surface area (Å²) in [7, 11) is 1.67. The lowest BCUT2D eigenvalue weighted by molar-refractivity contribution is -0.122. The normalized spacial score (nSPS) is 20.4. The van der Waals surface area contributed by atoms with Crippen molar-refractivity contribution in [2.75, 3.05) is 40.0 Å². The summed E-state index contributed by atoms with van der Waals surface area (Å²) >= 11 is 0. The van der Waals surface area contributed by atoms with Gasteiger partial charge in [-0.2, -0.15) is 0 Å². The van der Waals surface area contributed by atoms with E-state index >= 15 is 0 Å². The Morgan fingerprint density at radius 2 is 2.00 bits per heavy atom. The van der Waals surface area contributed by atoms with Gasteiger partial charge < -0.3 is 14.8 Å². The van der Waals surface area contributed by atoms with Gasteiger partial charge in [0.05, 0.1) is 26.4 Å². The third-order valence-corrected chi connectivity index (χ3v) is 4.40. The van der Waals surface area contributed by atoms with Gasteiger partial charge in [-0.1, -0.05) is 12.1 Å². The fourth-order valence-electron chi connectivity index (χ4n) is 2.86. The fourth-order valence-corrected chi connectivity index (χ4v) is 2.86. The number of hydrogen-bond acceptors (Lipinski definition) is 4. The van der Waals surface area contributed by atoms with Gasteiger partial charge in [-0.25, -0.2) is 0 Å². The molecule has 2 aliphatic rings. The van der Waals surface area contributed by atoms with Crippen molar-refractivity contribution in [1.29, 1.82) is 0 Å². The zero-order chi connectivity index (χ0) is 15.4. The molecule has 3 rings (SSSR count). The maximum Gasteiger partial charge on any atom is 0.223 e. The molecule has 1 atom stereocenters. The van der Waals surface area contributed by atoms with Crippen molar-refractivity contribution < 1.29 is 14.3 Å². The number of carbonyl (C=O) groups is 1. The summed E-state index contributed by atoms with van der Waals surface area (Å²) in [4.78, 5) is 14.3. The van der Waals surface area contributed by atoms with Crippen LogP contribution in [0.5, 0.6) is 5.75 Å². The SMILES string of the molecule is COc1ccc(C(CNC(=O)C2CC2)N2CCOCC2)cc1. The first-order valence-electron chi connectivity index (χ1n) is 8.01. The predicted molar refractivity (Wildman–Crippen MR) is 83.9 cm³/mol. The summed E-state index contributed by atoms with van der Waals surface area (Å²) in [5.74, 6) is 1.31. The van der Waals surface area contributed by atoms with Gasteiger partial charge in [0.1, 0.15) is 5.75 Å². The minimum absolute atomic E-state index is 0.192. The lowest BCUT2D eigenvalue weighted by Crippen LogP contribution is -2.44. The van der Waals surface area contributed by atoms with Gasteiger partial charge in [-0.3, -0.25) is 9.69 Å². The van der Waals surface area contributed by atoms with E-state index in [9.17, 15) is 4.79 Å². The maximum atomic E-state index is 11.9. The second kappa shape index (κ2) is 7.11. The van der Waals surface area contributed by atoms with Gasteiger partial charge >= 0.3 is 0 Å². The topological polar surface area (TPSA) is 50.8 Å². The lowest BCUT2D eigenvalue weighted by Gasteiger charge is -2.35. The van der Waals surface area contributed by atoms with Crippen LogP contribution in [0.4, 0.5) is 0 Å². The minimum Gasteiger partial charge on any atom is -0.497 e. The number of methoxy groups -OCH3 is 1. The van der Waals surface area contributed by atoms with Gasteiger partial charge in [-0.15, -0.1) is 0 Å². The highest BCUT2D eigenvalue weighted by molar-refractivity contribution is 5.80. The second-order valence-corrected chi connectivity index (χ2v) is 5.96. The molecule has 1 aliphatic heterocycles. The number of carbonyl (C=O) groups excluding carboxylic acids is 1. The number of morpholine rings is 1. The average Bonchev–Trinajstić information content (AvgIpc) is 3.41. The Morgan fingerprint density at radius 1 is 1.32 bits per heavy atom. The van der Waals surface area contributed by atoms with Gasteiger partial charge in [0, 0.05) is 25.6 Å². The summed E-state index contributed by atoms with van der Waals surface area (Å²) in [6, 6.07) is 8.32. The summed E-state index contributed by atoms with van der Waals surface area (Å²) in [5.41, 5.74) is 1.21. The molecule has 0 bridgehead atoms. The highest BCUT2D eigenvalue weighted by atomic mass is 16.5. The van der Waals surface area contributed by atoms with Crippen LogP contribution >= 0.6 is 0 Å². The van der Waals surface area contributed by atoms with Crippen molar-refractivity contribution in [3.8, 4) is 5.75 Å². The van der Waals surface area contributed by atoms with E-state index < -0.39 is 0 Å². The zero-order valence-electron chi connectivity index (χ0n) is 13.1. The third kappa shape index (κ3) is 3.78. The van der Waals surface area contributed by atoms with Crippen LogP contribution in [-0.4, -0.2) is 50.8 Å². The summed E-state index contributed by atoms with van der Waals surface area (Å²) in [5, 5.41) is 3.12. The molecular weight excluding hydrogens is 280 g/mol. The fraction of sp³-hybridized carbons (Fsp3) is 0.588. The van der Waals surface area contributed by atoms with Crippen molar-refractivity contribution in [2.24, 2.45) is 5.92 Å². The molecule has 1 aromatic carbocycles. The van der Waals surface area contributed by atoms with E-state index in [2.05, 4.69) is 22.3 Å². The lowest BCUT2D eigenvalue weighted by atomic mass is 10.0. The minimum atomic E-state index is 0.192. The Labute approximate surface area is 131 Å². The number of amides is 1. The van der Waals surface area contributed by atoms with Gasteiger partial charge in [0.15, 0.2) is 0 Å². The van der Waals surface area contributed by atoms with Crippen molar-refractivity contribution >= 4 is 5.91 Å². The first-order valence-corrected chi connectivity index (χ1v) is 8.01. The largest absolute Gasteiger partial charge is 0.497 e. The highest BCUT2D eigenvalue weighted by Crippen LogP contribution is 2.29. The Balaban J connectivity index is 1.69. The predicted octanol–water partition coefficient (Wildman–Crippen LogP) is 1.59. The van der Waals surface area contributed by atoms with Gasteiger partial charge in [-0.05, 0) is 30.5 Å². The van der Waals surface area contributed by atoms with Gasteiger partial charge in [0.25, 0.3) is 0 Å². The van der Waals surface area contributed by atoms with Crippen LogP contribution in [0.1, 0.15) is 24.4 Å². The Morgan fingerprint density at radius 3 is 2.59 bits per heavy atom. The van der Waals surface area contributed by atoms with Crippen LogP contribution in [0.25, 0.3) is 0 Å². The van der Waals surface area contributed by atoms with E-state index in [1.807, 2.05) is 12.1 Å². The number of ether oxygens (including phenoxy) is 2. The molecular formula is C17H24N2O3. The number of rotatable bonds is 6. The molecule has 5 heteroatoms. The molecule has 1 N–H and O–H groups in total. The van der Waals surface area contributed by atoms with E-state index in [-0.39, 0.29) is 17.9 Å². The molecule has 120 valence electrons. The summed E-state index contributed by atoms with van der Waals surface area (Å²) < 4.78 is 10.7. The second-order valence-electron chi connectivity index (χ2n) is 5.96. The molecule has 0 radical (unpaired) electrons. The standard InChI is InChI=1S/C17H24N2O3/c1-21-15-6-4-13(5-7-15)16(19-8-10-22-11-9-19)12-18-17(20)14-2-3-14/h4-7,14,16H,2-3,8-12H2,1H3,(H,18,20). The number of hydrogen-bond donors (Lipinski definition) is 1. The van der Waals surface area contributed by atoms with Crippen LogP contribution in [0.3, 0.4) is 0 Å². The quantitative estimate of drug-likeness (QED) is 0.867. The third-order valence-electron chi connectivity index (χ3n) is 4.40. The molecule has 1 unspecified atom stereocenters. The molecule has 2 fully saturated rings. The van der Waals surface area contributed by atoms with Crippen LogP contribution < -0.4 is 10.1 Å². The molecule has 1 aliphatic carbocycles. The molecule has 1 saturated heterocycles. The summed E-state index contributed by atoms with van der Waals surface area (Å²) in [6.45, 7) is 3.96. The average molecular weight is 304 g/mol. The first kappa shape index (κ1) is 15.3. The summed E-state index contributed by atoms with van der Waals surface area (Å²) in [6.07, 6.45) is 2.08. The highest BCUT2D eigenvalue weighted by Gasteiger charge is 2.31. The molecule has 0 spiro atoms. The van der Waals surface area contributed by atoms with Crippen LogP contribution in [-0.2, 0) is 9.53 Å². The number of nitrogens with zero attached hydrogens (tertiary/aromatic N) is 1. The maximum absolute atomic E-state index is 11.9. The monoisotopic (exact) mass is 304 g/mol. The van der Waals surface area contributed by atoms with E-state index in [4.69, 9.17) is 9.47 Å². The molecule has 5 nitrogen and oxygen atoms in total. The molecule has 0 aromatic heterocycles. The van der Waals surface area contributed by atoms with Crippen LogP contribution in [0, 0.1) is 5.92 Å². The van der Waals surface area contributed by atoms with E-state index in [0.717, 1.165) is 44.9 Å². The molecule has 1 amide bonds. The zero-order valence-corrected chi connectivity index (χ0v) is 13.1.